The zero-order valence-electron chi connectivity index (χ0n) is 7.99. The molecule has 0 aromatic carbocycles. The first-order valence-electron chi connectivity index (χ1n) is 4.53. The van der Waals surface area contributed by atoms with Gasteiger partial charge in [-0.2, -0.15) is 0 Å². The molecule has 2 nitrogen and oxygen atoms in total. The number of nitrogens with zero attached hydrogens (tertiary/aromatic N) is 2. The van der Waals surface area contributed by atoms with E-state index in [1.54, 1.807) is 0 Å². The van der Waals surface area contributed by atoms with Gasteiger partial charge in [0.1, 0.15) is 0 Å². The van der Waals surface area contributed by atoms with Gasteiger partial charge in [0.05, 0.1) is 6.67 Å². The summed E-state index contributed by atoms with van der Waals surface area (Å²) in [6, 6.07) is 0. The molecule has 0 unspecified atom stereocenters. The lowest BCUT2D eigenvalue weighted by molar-refractivity contribution is 0.265. The first-order chi connectivity index (χ1) is 5.36. The second kappa shape index (κ2) is 6.57. The van der Waals surface area contributed by atoms with E-state index in [4.69, 9.17) is 0 Å². The predicted molar refractivity (Wildman–Crippen MR) is 63.4 cm³/mol. The van der Waals surface area contributed by atoms with Gasteiger partial charge < -0.3 is 9.80 Å². The lowest BCUT2D eigenvalue weighted by atomic mass is 10.4. The summed E-state index contributed by atoms with van der Waals surface area (Å²) in [6.45, 7) is 7.92. The molecule has 1 aliphatic rings. The average Bonchev–Trinajstić information content (AvgIpc) is 2.38. The van der Waals surface area contributed by atoms with E-state index >= 15 is 0 Å². The van der Waals surface area contributed by atoms with Crippen molar-refractivity contribution in [3.63, 3.8) is 0 Å². The molecular formula is C9H19IN2. The Morgan fingerprint density at radius 3 is 1.75 bits per heavy atom. The fraction of sp³-hybridized carbons (Fsp3) is 0.778. The van der Waals surface area contributed by atoms with Crippen molar-refractivity contribution in [2.24, 2.45) is 0 Å². The van der Waals surface area contributed by atoms with Gasteiger partial charge in [0.2, 0.25) is 0 Å². The molecule has 1 aliphatic heterocycles. The molecule has 0 amide bonds. The monoisotopic (exact) mass is 282 g/mol. The van der Waals surface area contributed by atoms with Crippen molar-refractivity contribution < 1.29 is 0 Å². The smallest absolute Gasteiger partial charge is 0.0893 e. The lowest BCUT2D eigenvalue weighted by Gasteiger charge is -2.19. The highest BCUT2D eigenvalue weighted by Gasteiger charge is 2.08. The summed E-state index contributed by atoms with van der Waals surface area (Å²) >= 11 is 0. The summed E-state index contributed by atoms with van der Waals surface area (Å²) in [6.07, 6.45) is 6.87. The molecule has 0 bridgehead atoms. The molecule has 0 radical (unpaired) electrons. The van der Waals surface area contributed by atoms with Crippen LogP contribution in [0.2, 0.25) is 0 Å². The molecule has 1 heterocycles. The molecule has 0 atom stereocenters. The molecular weight excluding hydrogens is 263 g/mol. The van der Waals surface area contributed by atoms with Crippen molar-refractivity contribution in [2.75, 3.05) is 19.8 Å². The molecule has 0 fully saturated rings. The standard InChI is InChI=1S/C9H18N2.HI/c1-3-5-10-7-8-11(9-10)6-4-2;/h7-8H,3-6,9H2,1-2H3;1H. The molecule has 0 aromatic rings. The molecule has 0 aromatic heterocycles. The quantitative estimate of drug-likeness (QED) is 0.731. The molecule has 3 heteroatoms. The summed E-state index contributed by atoms with van der Waals surface area (Å²) in [7, 11) is 0. The fourth-order valence-corrected chi connectivity index (χ4v) is 1.38. The Hall–Kier alpha value is 0.0700. The third kappa shape index (κ3) is 3.65. The van der Waals surface area contributed by atoms with E-state index in [0.717, 1.165) is 6.67 Å². The Balaban J connectivity index is 0.00000121. The Kier molecular flexibility index (Phi) is 6.61. The first-order valence-corrected chi connectivity index (χ1v) is 4.53. The predicted octanol–water partition coefficient (Wildman–Crippen LogP) is 2.47. The molecule has 1 rings (SSSR count). The summed E-state index contributed by atoms with van der Waals surface area (Å²) in [5.41, 5.74) is 0. The summed E-state index contributed by atoms with van der Waals surface area (Å²) in [4.78, 5) is 4.71. The summed E-state index contributed by atoms with van der Waals surface area (Å²) in [5.74, 6) is 0. The van der Waals surface area contributed by atoms with E-state index in [1.165, 1.54) is 25.9 Å². The zero-order chi connectivity index (χ0) is 8.10. The van der Waals surface area contributed by atoms with Crippen molar-refractivity contribution in [1.82, 2.24) is 9.80 Å². The SMILES string of the molecule is CCCN1C=CN(CCC)C1.I. The van der Waals surface area contributed by atoms with Gasteiger partial charge in [0.25, 0.3) is 0 Å². The van der Waals surface area contributed by atoms with E-state index in [2.05, 4.69) is 36.0 Å². The van der Waals surface area contributed by atoms with Crippen LogP contribution in [-0.2, 0) is 0 Å². The topological polar surface area (TPSA) is 6.48 Å². The van der Waals surface area contributed by atoms with E-state index < -0.39 is 0 Å². The van der Waals surface area contributed by atoms with Gasteiger partial charge >= 0.3 is 0 Å². The van der Waals surface area contributed by atoms with Gasteiger partial charge in [-0.1, -0.05) is 13.8 Å². The van der Waals surface area contributed by atoms with E-state index in [9.17, 15) is 0 Å². The van der Waals surface area contributed by atoms with E-state index in [0.29, 0.717) is 0 Å². The van der Waals surface area contributed by atoms with Crippen LogP contribution in [0.25, 0.3) is 0 Å². The average molecular weight is 282 g/mol. The lowest BCUT2D eigenvalue weighted by Crippen LogP contribution is -2.26. The van der Waals surface area contributed by atoms with Crippen LogP contribution in [0.1, 0.15) is 26.7 Å². The third-order valence-electron chi connectivity index (χ3n) is 1.87. The molecule has 72 valence electrons. The minimum absolute atomic E-state index is 0. The Morgan fingerprint density at radius 1 is 1.00 bits per heavy atom. The summed E-state index contributed by atoms with van der Waals surface area (Å²) < 4.78 is 0. The van der Waals surface area contributed by atoms with Crippen LogP contribution in [-0.4, -0.2) is 29.6 Å². The Labute approximate surface area is 92.6 Å². The van der Waals surface area contributed by atoms with E-state index in [-0.39, 0.29) is 24.0 Å². The maximum atomic E-state index is 2.36. The van der Waals surface area contributed by atoms with Crippen molar-refractivity contribution in [2.45, 2.75) is 26.7 Å². The van der Waals surface area contributed by atoms with Crippen molar-refractivity contribution in [3.05, 3.63) is 12.4 Å². The Morgan fingerprint density at radius 2 is 1.42 bits per heavy atom. The molecule has 0 N–H and O–H groups in total. The molecule has 0 aliphatic carbocycles. The second-order valence-electron chi connectivity index (χ2n) is 3.06. The van der Waals surface area contributed by atoms with Gasteiger partial charge in [-0.05, 0) is 12.8 Å². The minimum atomic E-state index is 0. The molecule has 12 heavy (non-hydrogen) atoms. The van der Waals surface area contributed by atoms with Crippen LogP contribution in [0.15, 0.2) is 12.4 Å². The highest BCUT2D eigenvalue weighted by Crippen LogP contribution is 2.06. The minimum Gasteiger partial charge on any atom is -0.359 e. The third-order valence-corrected chi connectivity index (χ3v) is 1.87. The van der Waals surface area contributed by atoms with Crippen molar-refractivity contribution >= 4 is 24.0 Å². The molecule has 0 spiro atoms. The molecule has 0 saturated heterocycles. The second-order valence-corrected chi connectivity index (χ2v) is 3.06. The van der Waals surface area contributed by atoms with Crippen molar-refractivity contribution in [1.29, 1.82) is 0 Å². The van der Waals surface area contributed by atoms with Gasteiger partial charge in [-0.15, -0.1) is 24.0 Å². The van der Waals surface area contributed by atoms with Gasteiger partial charge in [0, 0.05) is 25.5 Å². The van der Waals surface area contributed by atoms with Crippen molar-refractivity contribution in [3.8, 4) is 0 Å². The van der Waals surface area contributed by atoms with Crippen LogP contribution >= 0.6 is 24.0 Å². The highest BCUT2D eigenvalue weighted by atomic mass is 127. The fourth-order valence-electron chi connectivity index (χ4n) is 1.38. The van der Waals surface area contributed by atoms with Gasteiger partial charge in [-0.3, -0.25) is 0 Å². The first kappa shape index (κ1) is 12.1. The van der Waals surface area contributed by atoms with Crippen LogP contribution in [0.5, 0.6) is 0 Å². The van der Waals surface area contributed by atoms with Crippen LogP contribution in [0, 0.1) is 0 Å². The van der Waals surface area contributed by atoms with Crippen LogP contribution < -0.4 is 0 Å². The molecule has 0 saturated carbocycles. The highest BCUT2D eigenvalue weighted by molar-refractivity contribution is 14.0. The maximum Gasteiger partial charge on any atom is 0.0893 e. The van der Waals surface area contributed by atoms with Crippen LogP contribution in [0.4, 0.5) is 0 Å². The normalized spacial score (nSPS) is 15.2. The Bertz CT molecular complexity index is 122. The number of halogens is 1. The largest absolute Gasteiger partial charge is 0.359 e. The van der Waals surface area contributed by atoms with E-state index in [1.807, 2.05) is 0 Å². The number of rotatable bonds is 4. The maximum absolute atomic E-state index is 2.36. The number of hydrogen-bond donors (Lipinski definition) is 0. The van der Waals surface area contributed by atoms with Gasteiger partial charge in [-0.25, -0.2) is 0 Å². The van der Waals surface area contributed by atoms with Crippen LogP contribution in [0.3, 0.4) is 0 Å². The zero-order valence-corrected chi connectivity index (χ0v) is 10.3. The van der Waals surface area contributed by atoms with Gasteiger partial charge in [0.15, 0.2) is 0 Å². The summed E-state index contributed by atoms with van der Waals surface area (Å²) in [5, 5.41) is 0. The number of hydrogen-bond acceptors (Lipinski definition) is 2.